The van der Waals surface area contributed by atoms with Gasteiger partial charge in [-0.2, -0.15) is 0 Å². The number of fused-ring (bicyclic) bond motifs is 1. The molecule has 0 saturated heterocycles. The Balaban J connectivity index is 1.36. The quantitative estimate of drug-likeness (QED) is 0.400. The second kappa shape index (κ2) is 9.72. The molecule has 7 heteroatoms. The molecule has 0 atom stereocenters. The number of carbonyl (C=O) groups excluding carboxylic acids is 2. The van der Waals surface area contributed by atoms with Crippen LogP contribution in [0.4, 0.5) is 11.4 Å². The van der Waals surface area contributed by atoms with Crippen molar-refractivity contribution >= 4 is 34.5 Å². The molecule has 0 saturated carbocycles. The van der Waals surface area contributed by atoms with E-state index in [2.05, 4.69) is 17.4 Å². The van der Waals surface area contributed by atoms with Crippen molar-refractivity contribution in [2.75, 3.05) is 23.4 Å². The van der Waals surface area contributed by atoms with E-state index in [1.807, 2.05) is 73.8 Å². The van der Waals surface area contributed by atoms with E-state index >= 15 is 0 Å². The van der Waals surface area contributed by atoms with Crippen molar-refractivity contribution in [2.45, 2.75) is 20.3 Å². The Hall–Kier alpha value is -3.97. The van der Waals surface area contributed by atoms with E-state index in [9.17, 15) is 9.59 Å². The molecule has 176 valence electrons. The zero-order valence-electron chi connectivity index (χ0n) is 19.6. The average molecular weight is 484 g/mol. The number of carbonyl (C=O) groups is 2. The predicted octanol–water partition coefficient (Wildman–Crippen LogP) is 5.38. The molecule has 0 bridgehead atoms. The summed E-state index contributed by atoms with van der Waals surface area (Å²) in [4.78, 5) is 31.8. The van der Waals surface area contributed by atoms with Gasteiger partial charge >= 0.3 is 0 Å². The van der Waals surface area contributed by atoms with Crippen LogP contribution < -0.4 is 15.0 Å². The van der Waals surface area contributed by atoms with Gasteiger partial charge < -0.3 is 10.1 Å². The maximum atomic E-state index is 12.8. The minimum Gasteiger partial charge on any atom is -0.482 e. The van der Waals surface area contributed by atoms with Crippen molar-refractivity contribution in [3.05, 3.63) is 93.8 Å². The number of nitrogens with one attached hydrogen (secondary N) is 1. The highest BCUT2D eigenvalue weighted by molar-refractivity contribution is 7.10. The summed E-state index contributed by atoms with van der Waals surface area (Å²) < 4.78 is 5.63. The Morgan fingerprint density at radius 2 is 1.89 bits per heavy atom. The van der Waals surface area contributed by atoms with Crippen LogP contribution in [-0.2, 0) is 16.0 Å². The van der Waals surface area contributed by atoms with Crippen LogP contribution >= 0.6 is 11.3 Å². The van der Waals surface area contributed by atoms with Crippen LogP contribution in [0.1, 0.15) is 21.7 Å². The van der Waals surface area contributed by atoms with Gasteiger partial charge in [0.1, 0.15) is 12.3 Å². The Morgan fingerprint density at radius 1 is 1.06 bits per heavy atom. The molecule has 1 N–H and O–H groups in total. The number of ether oxygens (including phenoxy) is 1. The van der Waals surface area contributed by atoms with Gasteiger partial charge in [0.15, 0.2) is 6.61 Å². The van der Waals surface area contributed by atoms with Crippen LogP contribution in [0, 0.1) is 13.8 Å². The van der Waals surface area contributed by atoms with Crippen LogP contribution in [-0.4, -0.2) is 29.9 Å². The maximum absolute atomic E-state index is 12.8. The number of hydrogen-bond donors (Lipinski definition) is 1. The standard InChI is InChI=1S/C28H25N3O3S/c1-18-8-10-22(12-19(18)2)29-26(32)15-31-24-14-21(9-11-25(24)34-16-28(31)33)23-17-35-27(30-23)13-20-6-4-3-5-7-20/h3-12,14,17H,13,15-16H2,1-2H3,(H,29,32). The number of benzene rings is 3. The van der Waals surface area contributed by atoms with Gasteiger partial charge in [-0.25, -0.2) is 4.98 Å². The first-order chi connectivity index (χ1) is 17.0. The number of rotatable bonds is 6. The van der Waals surface area contributed by atoms with Gasteiger partial charge in [0.2, 0.25) is 5.91 Å². The number of anilines is 2. The Labute approximate surface area is 208 Å². The molecule has 1 aromatic heterocycles. The molecule has 6 nitrogen and oxygen atoms in total. The van der Waals surface area contributed by atoms with E-state index in [0.717, 1.165) is 33.8 Å². The molecule has 0 fully saturated rings. The summed E-state index contributed by atoms with van der Waals surface area (Å²) in [5.74, 6) is 0.0543. The summed E-state index contributed by atoms with van der Waals surface area (Å²) in [5, 5.41) is 5.93. The molecule has 0 aliphatic carbocycles. The third kappa shape index (κ3) is 5.10. The number of aromatic nitrogens is 1. The minimum absolute atomic E-state index is 0.0953. The number of thiazole rings is 1. The third-order valence-electron chi connectivity index (χ3n) is 6.04. The highest BCUT2D eigenvalue weighted by atomic mass is 32.1. The first-order valence-electron chi connectivity index (χ1n) is 11.4. The molecule has 0 unspecified atom stereocenters. The summed E-state index contributed by atoms with van der Waals surface area (Å²) in [6, 6.07) is 21.6. The van der Waals surface area contributed by atoms with E-state index in [1.165, 1.54) is 10.5 Å². The smallest absolute Gasteiger partial charge is 0.265 e. The normalized spacial score (nSPS) is 12.7. The van der Waals surface area contributed by atoms with Crippen molar-refractivity contribution in [1.29, 1.82) is 0 Å². The summed E-state index contributed by atoms with van der Waals surface area (Å²) in [7, 11) is 0. The van der Waals surface area contributed by atoms with Crippen LogP contribution in [0.5, 0.6) is 5.75 Å². The molecule has 0 radical (unpaired) electrons. The molecule has 2 amide bonds. The summed E-state index contributed by atoms with van der Waals surface area (Å²) >= 11 is 1.60. The molecule has 0 spiro atoms. The van der Waals surface area contributed by atoms with Gasteiger partial charge in [-0.05, 0) is 60.9 Å². The summed E-state index contributed by atoms with van der Waals surface area (Å²) in [6.07, 6.45) is 0.767. The number of hydrogen-bond acceptors (Lipinski definition) is 5. The molecule has 1 aliphatic rings. The molecule has 2 heterocycles. The Morgan fingerprint density at radius 3 is 2.69 bits per heavy atom. The number of aryl methyl sites for hydroxylation is 2. The maximum Gasteiger partial charge on any atom is 0.265 e. The SMILES string of the molecule is Cc1ccc(NC(=O)CN2C(=O)COc3ccc(-c4csc(Cc5ccccc5)n4)cc32)cc1C. The first kappa shape index (κ1) is 22.8. The number of amides is 2. The summed E-state index contributed by atoms with van der Waals surface area (Å²) in [6.45, 7) is 3.83. The van der Waals surface area contributed by atoms with Gasteiger partial charge in [-0.1, -0.05) is 36.4 Å². The largest absolute Gasteiger partial charge is 0.482 e. The van der Waals surface area contributed by atoms with Crippen molar-refractivity contribution in [3.63, 3.8) is 0 Å². The fourth-order valence-corrected chi connectivity index (χ4v) is 4.83. The van der Waals surface area contributed by atoms with Gasteiger partial charge in [-0.15, -0.1) is 11.3 Å². The second-order valence-electron chi connectivity index (χ2n) is 8.59. The van der Waals surface area contributed by atoms with Crippen molar-refractivity contribution in [1.82, 2.24) is 4.98 Å². The zero-order valence-corrected chi connectivity index (χ0v) is 20.4. The highest BCUT2D eigenvalue weighted by Gasteiger charge is 2.28. The third-order valence-corrected chi connectivity index (χ3v) is 6.89. The van der Waals surface area contributed by atoms with Gasteiger partial charge in [0, 0.05) is 23.1 Å². The zero-order chi connectivity index (χ0) is 24.4. The van der Waals surface area contributed by atoms with Gasteiger partial charge in [0.25, 0.3) is 5.91 Å². The van der Waals surface area contributed by atoms with E-state index in [1.54, 1.807) is 11.3 Å². The number of nitrogens with zero attached hydrogens (tertiary/aromatic N) is 2. The summed E-state index contributed by atoms with van der Waals surface area (Å²) in [5.41, 5.74) is 6.45. The van der Waals surface area contributed by atoms with Crippen LogP contribution in [0.15, 0.2) is 72.1 Å². The lowest BCUT2D eigenvalue weighted by Crippen LogP contribution is -2.43. The molecule has 1 aliphatic heterocycles. The lowest BCUT2D eigenvalue weighted by Gasteiger charge is -2.29. The molecular formula is C28H25N3O3S. The van der Waals surface area contributed by atoms with Gasteiger partial charge in [0.05, 0.1) is 16.4 Å². The van der Waals surface area contributed by atoms with Gasteiger partial charge in [-0.3, -0.25) is 14.5 Å². The van der Waals surface area contributed by atoms with E-state index in [0.29, 0.717) is 17.1 Å². The van der Waals surface area contributed by atoms with Crippen molar-refractivity contribution in [2.24, 2.45) is 0 Å². The fraction of sp³-hybridized carbons (Fsp3) is 0.179. The molecule has 35 heavy (non-hydrogen) atoms. The van der Waals surface area contributed by atoms with Crippen LogP contribution in [0.2, 0.25) is 0 Å². The van der Waals surface area contributed by atoms with E-state index in [4.69, 9.17) is 9.72 Å². The van der Waals surface area contributed by atoms with Crippen molar-refractivity contribution in [3.8, 4) is 17.0 Å². The predicted molar refractivity (Wildman–Crippen MR) is 139 cm³/mol. The second-order valence-corrected chi connectivity index (χ2v) is 9.53. The monoisotopic (exact) mass is 483 g/mol. The van der Waals surface area contributed by atoms with Crippen molar-refractivity contribution < 1.29 is 14.3 Å². The molecule has 4 aromatic rings. The molecule has 3 aromatic carbocycles. The lowest BCUT2D eigenvalue weighted by atomic mass is 10.1. The first-order valence-corrected chi connectivity index (χ1v) is 12.3. The topological polar surface area (TPSA) is 71.5 Å². The van der Waals surface area contributed by atoms with E-state index in [-0.39, 0.29) is 25.0 Å². The Kier molecular flexibility index (Phi) is 6.33. The van der Waals surface area contributed by atoms with Crippen LogP contribution in [0.25, 0.3) is 11.3 Å². The fourth-order valence-electron chi connectivity index (χ4n) is 3.99. The van der Waals surface area contributed by atoms with Crippen LogP contribution in [0.3, 0.4) is 0 Å². The lowest BCUT2D eigenvalue weighted by molar-refractivity contribution is -0.123. The van der Waals surface area contributed by atoms with E-state index < -0.39 is 0 Å². The molecular weight excluding hydrogens is 458 g/mol. The Bertz CT molecular complexity index is 1400. The molecule has 5 rings (SSSR count). The minimum atomic E-state index is -0.265. The average Bonchev–Trinajstić information content (AvgIpc) is 3.32. The highest BCUT2D eigenvalue weighted by Crippen LogP contribution is 2.36.